The number of hydrogen-bond donors (Lipinski definition) is 0. The molecule has 0 spiro atoms. The number of aromatic nitrogens is 2. The maximum absolute atomic E-state index is 13.2. The summed E-state index contributed by atoms with van der Waals surface area (Å²) < 4.78 is 2.10. The molecule has 0 atom stereocenters. The fourth-order valence-corrected chi connectivity index (χ4v) is 4.54. The first-order valence-corrected chi connectivity index (χ1v) is 9.93. The molecule has 2 heterocycles. The van der Waals surface area contributed by atoms with Crippen LogP contribution >= 0.6 is 35.1 Å². The first-order valence-electron chi connectivity index (χ1n) is 8.29. The highest BCUT2D eigenvalue weighted by Gasteiger charge is 2.24. The summed E-state index contributed by atoms with van der Waals surface area (Å²) in [4.78, 5) is 26.2. The lowest BCUT2D eigenvalue weighted by atomic mass is 10.3. The zero-order valence-corrected chi connectivity index (χ0v) is 17.4. The molecule has 2 aromatic heterocycles. The molecule has 0 saturated carbocycles. The summed E-state index contributed by atoms with van der Waals surface area (Å²) in [6.45, 7) is 1.33. The van der Waals surface area contributed by atoms with Crippen molar-refractivity contribution < 1.29 is 4.79 Å². The molecule has 8 heteroatoms. The highest BCUT2D eigenvalue weighted by atomic mass is 35.5. The Kier molecular flexibility index (Phi) is 6.06. The minimum absolute atomic E-state index is 0. The molecule has 140 valence electrons. The van der Waals surface area contributed by atoms with Gasteiger partial charge in [0.25, 0.3) is 5.91 Å². The van der Waals surface area contributed by atoms with E-state index in [1.165, 1.54) is 22.7 Å². The van der Waals surface area contributed by atoms with Crippen molar-refractivity contribution in [3.8, 4) is 0 Å². The molecule has 2 aromatic carbocycles. The zero-order valence-electron chi connectivity index (χ0n) is 15.0. The number of carbonyl (C=O) groups excluding carboxylic acids is 1. The molecular weight excluding hydrogens is 400 g/mol. The minimum Gasteiger partial charge on any atom is -0.308 e. The van der Waals surface area contributed by atoms with Crippen molar-refractivity contribution in [3.63, 3.8) is 0 Å². The number of hydrogen-bond acceptors (Lipinski definition) is 6. The highest BCUT2D eigenvalue weighted by molar-refractivity contribution is 7.22. The van der Waals surface area contributed by atoms with Crippen LogP contribution in [0.3, 0.4) is 0 Å². The van der Waals surface area contributed by atoms with Gasteiger partial charge < -0.3 is 4.90 Å². The fraction of sp³-hybridized carbons (Fsp3) is 0.211. The van der Waals surface area contributed by atoms with E-state index < -0.39 is 0 Å². The summed E-state index contributed by atoms with van der Waals surface area (Å²) in [5, 5.41) is 1.22. The van der Waals surface area contributed by atoms with Gasteiger partial charge in [-0.1, -0.05) is 35.6 Å². The number of carbonyl (C=O) groups is 1. The monoisotopic (exact) mass is 418 g/mol. The number of nitrogens with zero attached hydrogens (tertiary/aromatic N) is 4. The zero-order chi connectivity index (χ0) is 18.1. The SMILES string of the molecule is CN(C)CCN(C(=O)c1nc2ccccc2s1)c1nc2ccccc2s1.Cl. The number of fused-ring (bicyclic) bond motifs is 2. The van der Waals surface area contributed by atoms with Gasteiger partial charge in [0, 0.05) is 13.1 Å². The summed E-state index contributed by atoms with van der Waals surface area (Å²) >= 11 is 2.97. The van der Waals surface area contributed by atoms with Crippen LogP contribution in [0.1, 0.15) is 9.80 Å². The molecule has 0 bridgehead atoms. The molecular formula is C19H19ClN4OS2. The van der Waals surface area contributed by atoms with Gasteiger partial charge in [-0.05, 0) is 38.4 Å². The molecule has 0 N–H and O–H groups in total. The van der Waals surface area contributed by atoms with Gasteiger partial charge in [0.15, 0.2) is 10.1 Å². The second kappa shape index (κ2) is 8.31. The Morgan fingerprint density at radius 2 is 1.48 bits per heavy atom. The predicted molar refractivity (Wildman–Crippen MR) is 117 cm³/mol. The lowest BCUT2D eigenvalue weighted by Gasteiger charge is -2.20. The Bertz CT molecular complexity index is 1010. The van der Waals surface area contributed by atoms with Crippen molar-refractivity contribution in [1.82, 2.24) is 14.9 Å². The lowest BCUT2D eigenvalue weighted by Crippen LogP contribution is -2.36. The van der Waals surface area contributed by atoms with Crippen molar-refractivity contribution >= 4 is 66.6 Å². The fourth-order valence-electron chi connectivity index (χ4n) is 2.64. The maximum atomic E-state index is 13.2. The smallest absolute Gasteiger partial charge is 0.289 e. The summed E-state index contributed by atoms with van der Waals surface area (Å²) in [5.74, 6) is -0.0906. The number of para-hydroxylation sites is 2. The molecule has 0 aliphatic carbocycles. The average Bonchev–Trinajstić information content (AvgIpc) is 3.25. The number of halogens is 1. The van der Waals surface area contributed by atoms with Crippen molar-refractivity contribution in [1.29, 1.82) is 0 Å². The molecule has 5 nitrogen and oxygen atoms in total. The highest BCUT2D eigenvalue weighted by Crippen LogP contribution is 2.31. The second-order valence-corrected chi connectivity index (χ2v) is 8.25. The van der Waals surface area contributed by atoms with Crippen molar-refractivity contribution in [2.75, 3.05) is 32.1 Å². The topological polar surface area (TPSA) is 49.3 Å². The molecule has 27 heavy (non-hydrogen) atoms. The Morgan fingerprint density at radius 3 is 2.07 bits per heavy atom. The van der Waals surface area contributed by atoms with Crippen LogP contribution in [0, 0.1) is 0 Å². The van der Waals surface area contributed by atoms with Crippen molar-refractivity contribution in [2.45, 2.75) is 0 Å². The number of likely N-dealkylation sites (N-methyl/N-ethyl adjacent to an activating group) is 1. The molecule has 0 aliphatic rings. The van der Waals surface area contributed by atoms with Crippen LogP contribution in [-0.2, 0) is 0 Å². The van der Waals surface area contributed by atoms with Crippen molar-refractivity contribution in [3.05, 3.63) is 53.5 Å². The Balaban J connectivity index is 0.00000210. The summed E-state index contributed by atoms with van der Waals surface area (Å²) in [5.41, 5.74) is 1.78. The molecule has 4 aromatic rings. The van der Waals surface area contributed by atoms with Gasteiger partial charge in [0.1, 0.15) is 0 Å². The van der Waals surface area contributed by atoms with E-state index in [2.05, 4.69) is 14.9 Å². The lowest BCUT2D eigenvalue weighted by molar-refractivity contribution is 0.0985. The molecule has 0 unspecified atom stereocenters. The quantitative estimate of drug-likeness (QED) is 0.477. The summed E-state index contributed by atoms with van der Waals surface area (Å²) in [6, 6.07) is 15.8. The van der Waals surface area contributed by atoms with Gasteiger partial charge in [-0.15, -0.1) is 23.7 Å². The number of anilines is 1. The first-order chi connectivity index (χ1) is 12.6. The van der Waals surface area contributed by atoms with E-state index >= 15 is 0 Å². The van der Waals surface area contributed by atoms with Crippen molar-refractivity contribution in [2.24, 2.45) is 0 Å². The summed E-state index contributed by atoms with van der Waals surface area (Å²) in [6.07, 6.45) is 0. The Labute approximate surface area is 171 Å². The van der Waals surface area contributed by atoms with Gasteiger partial charge in [-0.3, -0.25) is 9.69 Å². The van der Waals surface area contributed by atoms with Crippen LogP contribution in [0.2, 0.25) is 0 Å². The Morgan fingerprint density at radius 1 is 0.889 bits per heavy atom. The van der Waals surface area contributed by atoms with Crippen LogP contribution in [0.5, 0.6) is 0 Å². The molecule has 0 saturated heterocycles. The Hall–Kier alpha value is -2.06. The molecule has 4 rings (SSSR count). The third-order valence-corrected chi connectivity index (χ3v) is 6.09. The van der Waals surface area contributed by atoms with Gasteiger partial charge in [-0.2, -0.15) is 0 Å². The van der Waals surface area contributed by atoms with E-state index in [4.69, 9.17) is 0 Å². The normalized spacial score (nSPS) is 11.1. The van der Waals surface area contributed by atoms with Crippen LogP contribution < -0.4 is 4.90 Å². The van der Waals surface area contributed by atoms with E-state index in [0.717, 1.165) is 32.1 Å². The molecule has 0 fully saturated rings. The van der Waals surface area contributed by atoms with E-state index in [-0.39, 0.29) is 18.3 Å². The maximum Gasteiger partial charge on any atom is 0.289 e. The third kappa shape index (κ3) is 4.11. The first kappa shape index (κ1) is 19.7. The van der Waals surface area contributed by atoms with Crippen LogP contribution in [0.15, 0.2) is 48.5 Å². The standard InChI is InChI=1S/C19H18N4OS2.ClH/c1-22(2)11-12-23(19-21-14-8-4-6-10-16(14)26-19)18(24)17-20-13-7-3-5-9-15(13)25-17;/h3-10H,11-12H2,1-2H3;1H. The predicted octanol–water partition coefficient (Wildman–Crippen LogP) is 4.54. The number of amides is 1. The van der Waals surface area contributed by atoms with Gasteiger partial charge in [-0.25, -0.2) is 9.97 Å². The van der Waals surface area contributed by atoms with E-state index in [0.29, 0.717) is 11.6 Å². The number of benzene rings is 2. The van der Waals surface area contributed by atoms with E-state index in [1.54, 1.807) is 4.90 Å². The van der Waals surface area contributed by atoms with Crippen LogP contribution in [0.4, 0.5) is 5.13 Å². The third-order valence-electron chi connectivity index (χ3n) is 4.01. The number of rotatable bonds is 5. The number of thiazole rings is 2. The van der Waals surface area contributed by atoms with Gasteiger partial charge in [0.05, 0.1) is 20.4 Å². The van der Waals surface area contributed by atoms with Crippen LogP contribution in [0.25, 0.3) is 20.4 Å². The molecule has 0 aliphatic heterocycles. The molecule has 1 amide bonds. The summed E-state index contributed by atoms with van der Waals surface area (Å²) in [7, 11) is 4.00. The minimum atomic E-state index is -0.0906. The van der Waals surface area contributed by atoms with E-state index in [9.17, 15) is 4.79 Å². The van der Waals surface area contributed by atoms with Crippen LogP contribution in [-0.4, -0.2) is 48.0 Å². The van der Waals surface area contributed by atoms with E-state index in [1.807, 2.05) is 62.6 Å². The largest absolute Gasteiger partial charge is 0.308 e. The van der Waals surface area contributed by atoms with Gasteiger partial charge >= 0.3 is 0 Å². The van der Waals surface area contributed by atoms with Gasteiger partial charge in [0.2, 0.25) is 0 Å². The second-order valence-electron chi connectivity index (χ2n) is 6.21. The molecule has 0 radical (unpaired) electrons. The average molecular weight is 419 g/mol.